The van der Waals surface area contributed by atoms with E-state index in [4.69, 9.17) is 21.3 Å². The van der Waals surface area contributed by atoms with Gasteiger partial charge in [-0.1, -0.05) is 11.6 Å². The van der Waals surface area contributed by atoms with Crippen LogP contribution in [0.2, 0.25) is 5.15 Å². The lowest BCUT2D eigenvalue weighted by atomic mass is 9.87. The first-order chi connectivity index (χ1) is 16.1. The zero-order valence-electron chi connectivity index (χ0n) is 17.9. The number of rotatable bonds is 5. The number of ether oxygens (including phenoxy) is 1. The first-order valence-electron chi connectivity index (χ1n) is 11.3. The minimum Gasteiger partial charge on any atom is -0.374 e. The fourth-order valence-corrected chi connectivity index (χ4v) is 5.38. The molecule has 172 valence electrons. The van der Waals surface area contributed by atoms with Crippen LogP contribution in [0.25, 0.3) is 5.65 Å². The maximum absolute atomic E-state index is 13.1. The Morgan fingerprint density at radius 2 is 2.09 bits per heavy atom. The molecule has 3 aromatic rings. The molecule has 1 N–H and O–H groups in total. The minimum atomic E-state index is -0.341. The summed E-state index contributed by atoms with van der Waals surface area (Å²) >= 11 is 6.33. The zero-order chi connectivity index (χ0) is 22.5. The van der Waals surface area contributed by atoms with Gasteiger partial charge in [0.1, 0.15) is 17.7 Å². The number of hydrogen-bond acceptors (Lipinski definition) is 7. The first kappa shape index (κ1) is 20.6. The smallest absolute Gasteiger partial charge is 0.261 e. The number of nitrogens with one attached hydrogen (secondary N) is 1. The summed E-state index contributed by atoms with van der Waals surface area (Å²) in [6, 6.07) is 2.42. The topological polar surface area (TPSA) is 107 Å². The van der Waals surface area contributed by atoms with Crippen molar-refractivity contribution in [3.8, 4) is 0 Å². The van der Waals surface area contributed by atoms with Crippen molar-refractivity contribution < 1.29 is 14.3 Å². The Labute approximate surface area is 194 Å². The summed E-state index contributed by atoms with van der Waals surface area (Å²) in [4.78, 5) is 31.1. The molecule has 2 aliphatic heterocycles. The second-order valence-electron chi connectivity index (χ2n) is 9.08. The van der Waals surface area contributed by atoms with Crippen LogP contribution in [0.1, 0.15) is 48.5 Å². The molecule has 0 unspecified atom stereocenters. The molecule has 3 fully saturated rings. The minimum absolute atomic E-state index is 0.128. The van der Waals surface area contributed by atoms with Gasteiger partial charge in [0.25, 0.3) is 5.91 Å². The summed E-state index contributed by atoms with van der Waals surface area (Å²) in [5, 5.41) is 11.8. The van der Waals surface area contributed by atoms with Gasteiger partial charge in [-0.15, -0.1) is 0 Å². The van der Waals surface area contributed by atoms with E-state index >= 15 is 0 Å². The van der Waals surface area contributed by atoms with Crippen LogP contribution < -0.4 is 10.2 Å². The van der Waals surface area contributed by atoms with E-state index in [1.54, 1.807) is 15.4 Å². The number of aldehydes is 1. The van der Waals surface area contributed by atoms with Crippen LogP contribution >= 0.6 is 11.6 Å². The van der Waals surface area contributed by atoms with Crippen molar-refractivity contribution in [1.82, 2.24) is 24.4 Å². The highest BCUT2D eigenvalue weighted by molar-refractivity contribution is 6.32. The van der Waals surface area contributed by atoms with E-state index in [1.807, 2.05) is 12.3 Å². The maximum Gasteiger partial charge on any atom is 0.261 e. The third-order valence-corrected chi connectivity index (χ3v) is 7.32. The third-order valence-electron chi connectivity index (χ3n) is 7.04. The fraction of sp³-hybridized carbons (Fsp3) is 0.500. The van der Waals surface area contributed by atoms with Crippen molar-refractivity contribution in [2.24, 2.45) is 5.92 Å². The molecule has 11 heteroatoms. The summed E-state index contributed by atoms with van der Waals surface area (Å²) in [7, 11) is 0. The summed E-state index contributed by atoms with van der Waals surface area (Å²) < 4.78 is 9.08. The van der Waals surface area contributed by atoms with E-state index < -0.39 is 0 Å². The number of fused-ring (bicyclic) bond motifs is 3. The summed E-state index contributed by atoms with van der Waals surface area (Å²) in [6.07, 6.45) is 10.8. The molecule has 1 saturated carbocycles. The molecule has 0 radical (unpaired) electrons. The first-order valence-corrected chi connectivity index (χ1v) is 11.7. The lowest BCUT2D eigenvalue weighted by Gasteiger charge is -2.27. The molecule has 0 spiro atoms. The van der Waals surface area contributed by atoms with Gasteiger partial charge < -0.3 is 19.7 Å². The van der Waals surface area contributed by atoms with E-state index in [0.717, 1.165) is 50.8 Å². The van der Waals surface area contributed by atoms with Crippen LogP contribution in [0, 0.1) is 5.92 Å². The Morgan fingerprint density at radius 1 is 1.24 bits per heavy atom. The quantitative estimate of drug-likeness (QED) is 0.572. The van der Waals surface area contributed by atoms with Crippen molar-refractivity contribution >= 4 is 40.9 Å². The Kier molecular flexibility index (Phi) is 5.06. The second-order valence-corrected chi connectivity index (χ2v) is 9.44. The standard InChI is InChI=1S/C22H24ClN7O3/c23-20-18(10-30(27-20)14-3-1-13(11-31)2-4-14)25-22(32)17-8-24-29-6-5-19(26-21(17)29)28-9-16-7-15(28)12-33-16/h5-6,8,10-11,13-16H,1-4,7,9,12H2,(H,25,32)/t13?,14?,15-,16-/m1/s1. The second kappa shape index (κ2) is 8.11. The number of morpholine rings is 1. The summed E-state index contributed by atoms with van der Waals surface area (Å²) in [5.41, 5.74) is 1.31. The molecule has 6 rings (SSSR count). The molecule has 3 aliphatic rings. The van der Waals surface area contributed by atoms with Crippen molar-refractivity contribution in [2.45, 2.75) is 50.3 Å². The Balaban J connectivity index is 1.21. The average molecular weight is 470 g/mol. The molecule has 0 aromatic carbocycles. The molecular weight excluding hydrogens is 446 g/mol. The summed E-state index contributed by atoms with van der Waals surface area (Å²) in [5.74, 6) is 0.611. The van der Waals surface area contributed by atoms with Crippen molar-refractivity contribution in [3.63, 3.8) is 0 Å². The molecule has 10 nitrogen and oxygen atoms in total. The molecule has 2 atom stereocenters. The molecule has 1 aliphatic carbocycles. The van der Waals surface area contributed by atoms with Crippen LogP contribution in [-0.2, 0) is 9.53 Å². The van der Waals surface area contributed by atoms with Crippen molar-refractivity contribution in [1.29, 1.82) is 0 Å². The molecule has 3 aromatic heterocycles. The zero-order valence-corrected chi connectivity index (χ0v) is 18.7. The molecule has 1 amide bonds. The van der Waals surface area contributed by atoms with Gasteiger partial charge in [-0.05, 0) is 38.2 Å². The van der Waals surface area contributed by atoms with E-state index in [9.17, 15) is 9.59 Å². The number of carbonyl (C=O) groups excluding carboxylic acids is 2. The van der Waals surface area contributed by atoms with Gasteiger partial charge in [0.15, 0.2) is 10.8 Å². The highest BCUT2D eigenvalue weighted by Gasteiger charge is 2.39. The fourth-order valence-electron chi connectivity index (χ4n) is 5.19. The normalized spacial score (nSPS) is 26.8. The number of aromatic nitrogens is 5. The molecular formula is C22H24ClN7O3. The Morgan fingerprint density at radius 3 is 2.82 bits per heavy atom. The number of hydrogen-bond donors (Lipinski definition) is 1. The van der Waals surface area contributed by atoms with Crippen LogP contribution in [0.4, 0.5) is 11.5 Å². The van der Waals surface area contributed by atoms with Gasteiger partial charge in [-0.25, -0.2) is 9.50 Å². The molecule has 5 heterocycles. The van der Waals surface area contributed by atoms with Crippen LogP contribution in [0.15, 0.2) is 24.7 Å². The predicted octanol–water partition coefficient (Wildman–Crippen LogP) is 2.74. The van der Waals surface area contributed by atoms with Gasteiger partial charge in [0, 0.05) is 18.7 Å². The van der Waals surface area contributed by atoms with Crippen LogP contribution in [-0.4, -0.2) is 61.9 Å². The largest absolute Gasteiger partial charge is 0.374 e. The number of halogens is 1. The van der Waals surface area contributed by atoms with Crippen molar-refractivity contribution in [2.75, 3.05) is 23.4 Å². The van der Waals surface area contributed by atoms with Gasteiger partial charge in [0.2, 0.25) is 0 Å². The highest BCUT2D eigenvalue weighted by Crippen LogP contribution is 2.34. The van der Waals surface area contributed by atoms with Gasteiger partial charge in [-0.2, -0.15) is 10.2 Å². The highest BCUT2D eigenvalue weighted by atomic mass is 35.5. The Hall–Kier alpha value is -2.98. The lowest BCUT2D eigenvalue weighted by Crippen LogP contribution is -2.37. The van der Waals surface area contributed by atoms with E-state index in [1.165, 1.54) is 6.20 Å². The third kappa shape index (κ3) is 3.67. The maximum atomic E-state index is 13.1. The molecule has 33 heavy (non-hydrogen) atoms. The number of carbonyl (C=O) groups is 2. The SMILES string of the molecule is O=CC1CCC(n2cc(NC(=O)c3cnn4ccc(N5C[C@H]6C[C@@H]5CO6)nc34)c(Cl)n2)CC1. The Bertz CT molecular complexity index is 1220. The summed E-state index contributed by atoms with van der Waals surface area (Å²) in [6.45, 7) is 1.52. The number of nitrogens with zero attached hydrogens (tertiary/aromatic N) is 6. The van der Waals surface area contributed by atoms with Crippen LogP contribution in [0.5, 0.6) is 0 Å². The number of anilines is 2. The van der Waals surface area contributed by atoms with Gasteiger partial charge in [-0.3, -0.25) is 9.48 Å². The van der Waals surface area contributed by atoms with Crippen LogP contribution in [0.3, 0.4) is 0 Å². The van der Waals surface area contributed by atoms with Gasteiger partial charge >= 0.3 is 0 Å². The number of amides is 1. The van der Waals surface area contributed by atoms with E-state index in [-0.39, 0.29) is 29.1 Å². The van der Waals surface area contributed by atoms with Gasteiger partial charge in [0.05, 0.1) is 42.9 Å². The molecule has 2 saturated heterocycles. The average Bonchev–Trinajstić information content (AvgIpc) is 3.63. The van der Waals surface area contributed by atoms with E-state index in [0.29, 0.717) is 29.5 Å². The lowest BCUT2D eigenvalue weighted by molar-refractivity contribution is -0.112. The molecule has 2 bridgehead atoms. The van der Waals surface area contributed by atoms with E-state index in [2.05, 4.69) is 20.4 Å². The monoisotopic (exact) mass is 469 g/mol. The van der Waals surface area contributed by atoms with Crippen molar-refractivity contribution in [3.05, 3.63) is 35.4 Å². The predicted molar refractivity (Wildman–Crippen MR) is 121 cm³/mol.